The lowest BCUT2D eigenvalue weighted by atomic mass is 10.2. The molecular weight excluding hydrogens is 604 g/mol. The zero-order valence-corrected chi connectivity index (χ0v) is 25.7. The van der Waals surface area contributed by atoms with Crippen LogP contribution in [-0.2, 0) is 32.0 Å². The van der Waals surface area contributed by atoms with Gasteiger partial charge >= 0.3 is 0 Å². The molecule has 0 radical (unpaired) electrons. The molecule has 0 aliphatic carbocycles. The highest BCUT2D eigenvalue weighted by Crippen LogP contribution is 2.19. The van der Waals surface area contributed by atoms with Crippen molar-refractivity contribution in [2.24, 2.45) is 14.1 Å². The summed E-state index contributed by atoms with van der Waals surface area (Å²) in [6.45, 7) is 0.753. The van der Waals surface area contributed by atoms with Gasteiger partial charge < -0.3 is 34.6 Å². The van der Waals surface area contributed by atoms with E-state index in [4.69, 9.17) is 0 Å². The minimum absolute atomic E-state index is 0.103. The number of nitro groups is 1. The molecule has 0 bridgehead atoms. The van der Waals surface area contributed by atoms with E-state index in [0.29, 0.717) is 29.5 Å². The second kappa shape index (κ2) is 13.0. The van der Waals surface area contributed by atoms with Gasteiger partial charge in [0, 0.05) is 39.3 Å². The van der Waals surface area contributed by atoms with Gasteiger partial charge in [-0.2, -0.15) is 0 Å². The summed E-state index contributed by atoms with van der Waals surface area (Å²) in [7, 11) is 3.20. The fourth-order valence-electron chi connectivity index (χ4n) is 5.37. The van der Waals surface area contributed by atoms with E-state index in [9.17, 15) is 24.5 Å². The predicted octanol–water partition coefficient (Wildman–Crippen LogP) is 4.02. The molecule has 15 nitrogen and oxygen atoms in total. The van der Waals surface area contributed by atoms with Gasteiger partial charge in [-0.15, -0.1) is 0 Å². The molecule has 47 heavy (non-hydrogen) atoms. The Kier molecular flexibility index (Phi) is 8.51. The molecule has 0 atom stereocenters. The maximum Gasteiger partial charge on any atom is 0.287 e. The Bertz CT molecular complexity index is 1980. The zero-order valence-electron chi connectivity index (χ0n) is 25.7. The molecule has 2 aromatic carbocycles. The minimum atomic E-state index is -0.575. The number of anilines is 1. The van der Waals surface area contributed by atoms with E-state index in [1.165, 1.54) is 29.9 Å². The van der Waals surface area contributed by atoms with Crippen LogP contribution in [0.5, 0.6) is 0 Å². The smallest absolute Gasteiger partial charge is 0.287 e. The lowest BCUT2D eigenvalue weighted by Crippen LogP contribution is -2.32. The van der Waals surface area contributed by atoms with Gasteiger partial charge in [0.1, 0.15) is 23.0 Å². The van der Waals surface area contributed by atoms with Crippen molar-refractivity contribution in [3.63, 3.8) is 0 Å². The molecule has 6 aromatic rings. The van der Waals surface area contributed by atoms with E-state index in [-0.39, 0.29) is 49.3 Å². The molecule has 4 N–H and O–H groups in total. The third-order valence-corrected chi connectivity index (χ3v) is 7.69. The number of aromatic nitrogens is 6. The van der Waals surface area contributed by atoms with Crippen molar-refractivity contribution in [3.8, 4) is 0 Å². The molecule has 0 saturated heterocycles. The van der Waals surface area contributed by atoms with Crippen molar-refractivity contribution in [3.05, 3.63) is 106 Å². The van der Waals surface area contributed by atoms with Gasteiger partial charge in [0.2, 0.25) is 5.91 Å². The molecule has 4 aromatic heterocycles. The van der Waals surface area contributed by atoms with Gasteiger partial charge in [0.05, 0.1) is 52.0 Å². The Balaban J connectivity index is 1.06. The first kappa shape index (κ1) is 30.8. The summed E-state index contributed by atoms with van der Waals surface area (Å²) in [4.78, 5) is 67.1. The van der Waals surface area contributed by atoms with Gasteiger partial charge in [-0.05, 0) is 36.8 Å². The van der Waals surface area contributed by atoms with Gasteiger partial charge in [-0.1, -0.05) is 24.3 Å². The lowest BCUT2D eigenvalue weighted by Gasteiger charge is -2.21. The summed E-state index contributed by atoms with van der Waals surface area (Å²) in [5.74, 6) is 0.259. The number of carbonyl (C=O) groups is 3. The maximum atomic E-state index is 13.5. The molecule has 4 heterocycles. The van der Waals surface area contributed by atoms with Crippen molar-refractivity contribution in [1.82, 2.24) is 39.3 Å². The number of amides is 3. The molecule has 0 saturated carbocycles. The summed E-state index contributed by atoms with van der Waals surface area (Å²) in [6, 6.07) is 18.0. The normalized spacial score (nSPS) is 11.2. The van der Waals surface area contributed by atoms with Crippen LogP contribution in [0.3, 0.4) is 0 Å². The van der Waals surface area contributed by atoms with E-state index < -0.39 is 10.8 Å². The number of aryl methyl sites for hydroxylation is 2. The van der Waals surface area contributed by atoms with Crippen LogP contribution in [0.4, 0.5) is 11.4 Å². The second-order valence-electron chi connectivity index (χ2n) is 11.1. The number of nitrogens with zero attached hydrogens (tertiary/aromatic N) is 6. The highest BCUT2D eigenvalue weighted by Gasteiger charge is 2.21. The lowest BCUT2D eigenvalue weighted by molar-refractivity contribution is -0.384. The van der Waals surface area contributed by atoms with Crippen LogP contribution in [-0.4, -0.2) is 63.2 Å². The largest absolute Gasteiger partial charge is 0.351 e. The fraction of sp³-hybridized carbons (Fsp3) is 0.219. The molecule has 15 heteroatoms. The Morgan fingerprint density at radius 2 is 1.43 bits per heavy atom. The zero-order chi connectivity index (χ0) is 33.1. The number of benzene rings is 2. The highest BCUT2D eigenvalue weighted by molar-refractivity contribution is 6.04. The van der Waals surface area contributed by atoms with E-state index in [2.05, 4.69) is 30.6 Å². The monoisotopic (exact) mass is 636 g/mol. The summed E-state index contributed by atoms with van der Waals surface area (Å²) in [6.07, 6.45) is 3.39. The number of aromatic amines is 2. The third kappa shape index (κ3) is 6.88. The molecule has 0 aliphatic rings. The molecule has 240 valence electrons. The van der Waals surface area contributed by atoms with Gasteiger partial charge in [0.25, 0.3) is 17.5 Å². The Morgan fingerprint density at radius 3 is 2.00 bits per heavy atom. The molecule has 0 aliphatic heterocycles. The van der Waals surface area contributed by atoms with Crippen molar-refractivity contribution < 1.29 is 19.3 Å². The first-order valence-electron chi connectivity index (χ1n) is 14.9. The average molecular weight is 637 g/mol. The van der Waals surface area contributed by atoms with Crippen LogP contribution in [0.1, 0.15) is 45.5 Å². The summed E-state index contributed by atoms with van der Waals surface area (Å²) in [5.41, 5.74) is 3.95. The Labute approximate surface area is 267 Å². The van der Waals surface area contributed by atoms with Gasteiger partial charge in [-0.3, -0.25) is 24.5 Å². The van der Waals surface area contributed by atoms with E-state index in [1.54, 1.807) is 22.7 Å². The summed E-state index contributed by atoms with van der Waals surface area (Å²) < 4.78 is 2.92. The standard InChI is InChI=1S/C32H32N10O5/c1-39-16-20(34-32(45)27-15-21(42(46)47)17-40(27)2)14-26(39)31(44)33-13-7-12-30(43)41(18-28-35-22-8-3-4-9-23(22)36-28)19-29-37-24-10-5-6-11-25(24)38-29/h3-6,8-11,14-17H,7,12-13,18-19H2,1-2H3,(H,33,44)(H,34,45)(H,35,36)(H,37,38). The molecule has 0 spiro atoms. The molecule has 3 amide bonds. The predicted molar refractivity (Wildman–Crippen MR) is 173 cm³/mol. The summed E-state index contributed by atoms with van der Waals surface area (Å²) >= 11 is 0. The first-order valence-corrected chi connectivity index (χ1v) is 14.9. The summed E-state index contributed by atoms with van der Waals surface area (Å²) in [5, 5.41) is 16.5. The number of nitrogens with one attached hydrogen (secondary N) is 4. The average Bonchev–Trinajstić information content (AvgIpc) is 3.83. The van der Waals surface area contributed by atoms with Gasteiger partial charge in [-0.25, -0.2) is 9.97 Å². The van der Waals surface area contributed by atoms with Crippen LogP contribution in [0.2, 0.25) is 0 Å². The molecular formula is C32H32N10O5. The molecule has 6 rings (SSSR count). The van der Waals surface area contributed by atoms with Gasteiger partial charge in [0.15, 0.2) is 0 Å². The number of hydrogen-bond acceptors (Lipinski definition) is 7. The number of para-hydroxylation sites is 4. The third-order valence-electron chi connectivity index (χ3n) is 7.69. The van der Waals surface area contributed by atoms with Crippen LogP contribution in [0, 0.1) is 10.1 Å². The van der Waals surface area contributed by atoms with Crippen molar-refractivity contribution >= 4 is 51.2 Å². The second-order valence-corrected chi connectivity index (χ2v) is 11.1. The first-order chi connectivity index (χ1) is 22.6. The fourth-order valence-corrected chi connectivity index (χ4v) is 5.37. The van der Waals surface area contributed by atoms with E-state index >= 15 is 0 Å². The number of hydrogen-bond donors (Lipinski definition) is 4. The van der Waals surface area contributed by atoms with Crippen molar-refractivity contribution in [2.45, 2.75) is 25.9 Å². The van der Waals surface area contributed by atoms with Crippen molar-refractivity contribution in [2.75, 3.05) is 11.9 Å². The Hall–Kier alpha value is -6.25. The number of fused-ring (bicyclic) bond motifs is 2. The molecule has 0 fully saturated rings. The SMILES string of the molecule is Cn1cc(NC(=O)c2cc([N+](=O)[O-])cn2C)cc1C(=O)NCCCC(=O)N(Cc1nc2ccccc2[nH]1)Cc1nc2ccccc2[nH]1. The van der Waals surface area contributed by atoms with Crippen LogP contribution in [0.15, 0.2) is 73.1 Å². The molecule has 0 unspecified atom stereocenters. The van der Waals surface area contributed by atoms with Crippen LogP contribution >= 0.6 is 0 Å². The Morgan fingerprint density at radius 1 is 0.851 bits per heavy atom. The minimum Gasteiger partial charge on any atom is -0.351 e. The van der Waals surface area contributed by atoms with Crippen LogP contribution in [0.25, 0.3) is 22.1 Å². The highest BCUT2D eigenvalue weighted by atomic mass is 16.6. The van der Waals surface area contributed by atoms with Crippen LogP contribution < -0.4 is 10.6 Å². The van der Waals surface area contributed by atoms with E-state index in [0.717, 1.165) is 22.1 Å². The van der Waals surface area contributed by atoms with Crippen molar-refractivity contribution in [1.29, 1.82) is 0 Å². The number of imidazole rings is 2. The number of rotatable bonds is 12. The van der Waals surface area contributed by atoms with E-state index in [1.807, 2.05) is 48.5 Å². The number of carbonyl (C=O) groups excluding carboxylic acids is 3. The maximum absolute atomic E-state index is 13.5. The number of H-pyrrole nitrogens is 2. The quantitative estimate of drug-likeness (QED) is 0.0886. The topological polar surface area (TPSA) is 189 Å².